The van der Waals surface area contributed by atoms with E-state index in [1.807, 2.05) is 29.2 Å². The van der Waals surface area contributed by atoms with Crippen molar-refractivity contribution >= 4 is 45.2 Å². The van der Waals surface area contributed by atoms with Crippen molar-refractivity contribution in [3.63, 3.8) is 0 Å². The normalized spacial score (nSPS) is 20.7. The zero-order chi connectivity index (χ0) is 22.7. The molecule has 4 N–H and O–H groups in total. The highest BCUT2D eigenvalue weighted by Crippen LogP contribution is 2.30. The molecule has 0 bridgehead atoms. The first-order valence-corrected chi connectivity index (χ1v) is 11.6. The van der Waals surface area contributed by atoms with Crippen LogP contribution in [-0.4, -0.2) is 70.9 Å². The molecule has 1 saturated heterocycles. The Labute approximate surface area is 203 Å². The Kier molecular flexibility index (Phi) is 8.25. The third-order valence-corrected chi connectivity index (χ3v) is 6.71. The summed E-state index contributed by atoms with van der Waals surface area (Å²) in [7, 11) is 2.07. The Balaban J connectivity index is 0.00000306. The monoisotopic (exact) mass is 517 g/mol. The zero-order valence-electron chi connectivity index (χ0n) is 18.1. The summed E-state index contributed by atoms with van der Waals surface area (Å²) >= 11 is 3.47. The predicted octanol–water partition coefficient (Wildman–Crippen LogP) is 3.07. The third-order valence-electron chi connectivity index (χ3n) is 6.13. The first kappa shape index (κ1) is 24.9. The zero-order valence-corrected chi connectivity index (χ0v) is 19.6. The molecule has 9 nitrogen and oxygen atoms in total. The number of rotatable bonds is 6. The highest BCUT2D eigenvalue weighted by molar-refractivity contribution is 9.10. The van der Waals surface area contributed by atoms with E-state index < -0.39 is 0 Å². The van der Waals surface area contributed by atoms with Gasteiger partial charge in [-0.25, -0.2) is 4.98 Å². The number of hydrogen-bond acceptors (Lipinski definition) is 7. The fourth-order valence-electron chi connectivity index (χ4n) is 4.19. The molecule has 2 amide bonds. The lowest BCUT2D eigenvalue weighted by atomic mass is 10.0. The van der Waals surface area contributed by atoms with Crippen molar-refractivity contribution in [3.8, 4) is 0 Å². The average molecular weight is 518 g/mol. The quantitative estimate of drug-likeness (QED) is 0.538. The highest BCUT2D eigenvalue weighted by Gasteiger charge is 2.32. The number of nitrogens with two attached hydrogens (primary N) is 1. The third kappa shape index (κ3) is 6.00. The fraction of sp³-hybridized carbons (Fsp3) is 0.478. The van der Waals surface area contributed by atoms with E-state index in [-0.39, 0.29) is 31.2 Å². The van der Waals surface area contributed by atoms with E-state index in [0.717, 1.165) is 51.1 Å². The number of likely N-dealkylation sites (N-methyl/N-ethyl adjacent to an activating group) is 1. The lowest BCUT2D eigenvalue weighted by Gasteiger charge is -2.32. The standard InChI is InChI=1S/C22H28BrN7O2.CH4/c1-29-9-11-30(12-10-29)21(32)14-5-7-15(8-6-14)26-22-25-13-17(23)20(28-22)27-18-4-2-3-16(18)19(24)31;/h5-8,13,16,18H,2-4,9-12H2,1H3,(H2,24,31)(H2,25,26,27,28);1H4/t16-,18+;/m0./s1. The molecule has 1 aliphatic heterocycles. The minimum atomic E-state index is -0.283. The molecule has 1 aliphatic carbocycles. The topological polar surface area (TPSA) is 116 Å². The second kappa shape index (κ2) is 10.9. The minimum absolute atomic E-state index is 0. The van der Waals surface area contributed by atoms with Gasteiger partial charge in [0.05, 0.1) is 10.4 Å². The lowest BCUT2D eigenvalue weighted by molar-refractivity contribution is -0.121. The summed E-state index contributed by atoms with van der Waals surface area (Å²) in [6.45, 7) is 3.28. The molecule has 2 heterocycles. The van der Waals surface area contributed by atoms with Gasteiger partial charge in [0.25, 0.3) is 5.91 Å². The number of nitrogens with one attached hydrogen (secondary N) is 2. The second-order valence-electron chi connectivity index (χ2n) is 8.38. The molecule has 178 valence electrons. The van der Waals surface area contributed by atoms with E-state index in [9.17, 15) is 9.59 Å². The van der Waals surface area contributed by atoms with Crippen molar-refractivity contribution in [1.29, 1.82) is 0 Å². The van der Waals surface area contributed by atoms with E-state index in [1.165, 1.54) is 0 Å². The van der Waals surface area contributed by atoms with Crippen LogP contribution in [0.4, 0.5) is 17.5 Å². The number of benzene rings is 1. The molecule has 2 aliphatic rings. The number of piperazine rings is 1. The molecule has 1 aromatic carbocycles. The van der Waals surface area contributed by atoms with Gasteiger partial charge in [-0.15, -0.1) is 0 Å². The Morgan fingerprint density at radius 1 is 1.12 bits per heavy atom. The molecule has 2 atom stereocenters. The fourth-order valence-corrected chi connectivity index (χ4v) is 4.50. The number of hydrogen-bond donors (Lipinski definition) is 3. The Morgan fingerprint density at radius 2 is 1.82 bits per heavy atom. The number of primary amides is 1. The van der Waals surface area contributed by atoms with E-state index in [2.05, 4.69) is 48.5 Å². The van der Waals surface area contributed by atoms with E-state index in [1.54, 1.807) is 6.20 Å². The second-order valence-corrected chi connectivity index (χ2v) is 9.23. The van der Waals surface area contributed by atoms with Crippen LogP contribution in [0.2, 0.25) is 0 Å². The van der Waals surface area contributed by atoms with Crippen LogP contribution in [0.15, 0.2) is 34.9 Å². The Morgan fingerprint density at radius 3 is 2.48 bits per heavy atom. The number of nitrogens with zero attached hydrogens (tertiary/aromatic N) is 4. The lowest BCUT2D eigenvalue weighted by Crippen LogP contribution is -2.47. The average Bonchev–Trinajstić information content (AvgIpc) is 3.25. The smallest absolute Gasteiger partial charge is 0.253 e. The number of anilines is 3. The van der Waals surface area contributed by atoms with Gasteiger partial charge in [0, 0.05) is 49.7 Å². The molecular formula is C23H32BrN7O2. The first-order valence-electron chi connectivity index (χ1n) is 10.8. The van der Waals surface area contributed by atoms with Crippen LogP contribution in [-0.2, 0) is 4.79 Å². The van der Waals surface area contributed by atoms with Gasteiger partial charge in [-0.3, -0.25) is 9.59 Å². The van der Waals surface area contributed by atoms with Crippen LogP contribution in [0.1, 0.15) is 37.0 Å². The largest absolute Gasteiger partial charge is 0.369 e. The van der Waals surface area contributed by atoms with Crippen LogP contribution >= 0.6 is 15.9 Å². The van der Waals surface area contributed by atoms with E-state index in [0.29, 0.717) is 21.8 Å². The molecule has 10 heteroatoms. The molecule has 2 fully saturated rings. The van der Waals surface area contributed by atoms with Gasteiger partial charge in [-0.1, -0.05) is 13.8 Å². The van der Waals surface area contributed by atoms with Crippen molar-refractivity contribution in [3.05, 3.63) is 40.5 Å². The number of carbonyl (C=O) groups excluding carboxylic acids is 2. The molecule has 33 heavy (non-hydrogen) atoms. The number of carbonyl (C=O) groups is 2. The van der Waals surface area contributed by atoms with Crippen molar-refractivity contribution < 1.29 is 9.59 Å². The van der Waals surface area contributed by atoms with Crippen molar-refractivity contribution in [2.45, 2.75) is 32.7 Å². The van der Waals surface area contributed by atoms with E-state index in [4.69, 9.17) is 5.73 Å². The SMILES string of the molecule is C.CN1CCN(C(=O)c2ccc(Nc3ncc(Br)c(N[C@@H]4CCC[C@@H]4C(N)=O)n3)cc2)CC1. The molecule has 0 unspecified atom stereocenters. The number of halogens is 1. The van der Waals surface area contributed by atoms with Gasteiger partial charge in [0.2, 0.25) is 11.9 Å². The molecule has 0 spiro atoms. The molecule has 2 aromatic rings. The number of aromatic nitrogens is 2. The van der Waals surface area contributed by atoms with Crippen LogP contribution < -0.4 is 16.4 Å². The summed E-state index contributed by atoms with van der Waals surface area (Å²) in [4.78, 5) is 37.4. The van der Waals surface area contributed by atoms with Gasteiger partial charge in [-0.2, -0.15) is 4.98 Å². The van der Waals surface area contributed by atoms with Gasteiger partial charge in [-0.05, 0) is 60.1 Å². The van der Waals surface area contributed by atoms with Crippen molar-refractivity contribution in [1.82, 2.24) is 19.8 Å². The molecule has 0 radical (unpaired) electrons. The van der Waals surface area contributed by atoms with Gasteiger partial charge < -0.3 is 26.2 Å². The van der Waals surface area contributed by atoms with Crippen molar-refractivity contribution in [2.75, 3.05) is 43.9 Å². The maximum atomic E-state index is 12.7. The summed E-state index contributed by atoms with van der Waals surface area (Å²) in [6, 6.07) is 7.30. The highest BCUT2D eigenvalue weighted by atomic mass is 79.9. The minimum Gasteiger partial charge on any atom is -0.369 e. The van der Waals surface area contributed by atoms with Crippen LogP contribution in [0, 0.1) is 5.92 Å². The Bertz CT molecular complexity index is 977. The summed E-state index contributed by atoms with van der Waals surface area (Å²) in [5.41, 5.74) is 6.98. The Hall–Kier alpha value is -2.72. The summed E-state index contributed by atoms with van der Waals surface area (Å²) in [5, 5.41) is 6.51. The predicted molar refractivity (Wildman–Crippen MR) is 134 cm³/mol. The number of amides is 2. The van der Waals surface area contributed by atoms with Crippen LogP contribution in [0.3, 0.4) is 0 Å². The first-order chi connectivity index (χ1) is 15.4. The molecule has 1 aromatic heterocycles. The van der Waals surface area contributed by atoms with E-state index >= 15 is 0 Å². The van der Waals surface area contributed by atoms with Gasteiger partial charge in [0.1, 0.15) is 5.82 Å². The molecular weight excluding hydrogens is 486 g/mol. The van der Waals surface area contributed by atoms with Crippen LogP contribution in [0.5, 0.6) is 0 Å². The maximum absolute atomic E-state index is 12.7. The summed E-state index contributed by atoms with van der Waals surface area (Å²) < 4.78 is 0.714. The maximum Gasteiger partial charge on any atom is 0.253 e. The molecule has 1 saturated carbocycles. The van der Waals surface area contributed by atoms with Crippen LogP contribution in [0.25, 0.3) is 0 Å². The molecule has 4 rings (SSSR count). The van der Waals surface area contributed by atoms with Gasteiger partial charge in [0.15, 0.2) is 0 Å². The van der Waals surface area contributed by atoms with Crippen molar-refractivity contribution in [2.24, 2.45) is 11.7 Å². The summed E-state index contributed by atoms with van der Waals surface area (Å²) in [5.74, 6) is 0.606. The van der Waals surface area contributed by atoms with Gasteiger partial charge >= 0.3 is 0 Å². The summed E-state index contributed by atoms with van der Waals surface area (Å²) in [6.07, 6.45) is 4.28.